The van der Waals surface area contributed by atoms with Crippen LogP contribution in [0.1, 0.15) is 25.7 Å². The highest BCUT2D eigenvalue weighted by Gasteiger charge is 2.44. The van der Waals surface area contributed by atoms with Crippen LogP contribution in [0, 0.1) is 11.8 Å². The lowest BCUT2D eigenvalue weighted by Gasteiger charge is -2.40. The number of piperazine rings is 1. The molecule has 0 amide bonds. The van der Waals surface area contributed by atoms with Gasteiger partial charge in [0.15, 0.2) is 0 Å². The summed E-state index contributed by atoms with van der Waals surface area (Å²) in [5, 5.41) is 10.8. The summed E-state index contributed by atoms with van der Waals surface area (Å²) in [7, 11) is 2.16. The Morgan fingerprint density at radius 2 is 1.52 bits per heavy atom. The predicted octanol–water partition coefficient (Wildman–Crippen LogP) is 0.482. The minimum absolute atomic E-state index is 0.189. The number of nitrogens with two attached hydrogens (primary N) is 1. The Balaban J connectivity index is 1.30. The van der Waals surface area contributed by atoms with Crippen LogP contribution in [0.3, 0.4) is 0 Å². The third kappa shape index (κ3) is 3.90. The molecule has 29 heavy (non-hydrogen) atoms. The molecule has 1 aromatic rings. The monoisotopic (exact) mass is 401 g/mol. The molecule has 4 aliphatic rings. The van der Waals surface area contributed by atoms with Gasteiger partial charge in [0.2, 0.25) is 5.95 Å². The molecule has 4 heterocycles. The van der Waals surface area contributed by atoms with E-state index in [1.807, 2.05) is 0 Å². The van der Waals surface area contributed by atoms with Gasteiger partial charge < -0.3 is 25.5 Å². The molecule has 160 valence electrons. The Kier molecular flexibility index (Phi) is 5.26. The number of likely N-dealkylation sites (N-methyl/N-ethyl adjacent to an activating group) is 1. The highest BCUT2D eigenvalue weighted by molar-refractivity contribution is 5.55. The summed E-state index contributed by atoms with van der Waals surface area (Å²) in [5.41, 5.74) is 6.10. The molecule has 1 saturated carbocycles. The molecule has 8 nitrogen and oxygen atoms in total. The van der Waals surface area contributed by atoms with Crippen LogP contribution in [0.4, 0.5) is 17.6 Å². The van der Waals surface area contributed by atoms with Crippen molar-refractivity contribution in [3.05, 3.63) is 6.07 Å². The molecular formula is C21H35N7O. The summed E-state index contributed by atoms with van der Waals surface area (Å²) in [4.78, 5) is 18.7. The summed E-state index contributed by atoms with van der Waals surface area (Å²) in [6, 6.07) is 2.46. The number of hydrogen-bond acceptors (Lipinski definition) is 8. The number of rotatable bonds is 3. The van der Waals surface area contributed by atoms with Gasteiger partial charge in [-0.2, -0.15) is 9.97 Å². The van der Waals surface area contributed by atoms with Gasteiger partial charge in [0, 0.05) is 51.4 Å². The van der Waals surface area contributed by atoms with Crippen LogP contribution in [-0.2, 0) is 0 Å². The van der Waals surface area contributed by atoms with Gasteiger partial charge in [0.25, 0.3) is 0 Å². The van der Waals surface area contributed by atoms with E-state index in [0.717, 1.165) is 76.8 Å². The van der Waals surface area contributed by atoms with Crippen molar-refractivity contribution >= 4 is 17.6 Å². The van der Waals surface area contributed by atoms with Crippen molar-refractivity contribution < 1.29 is 5.11 Å². The Morgan fingerprint density at radius 3 is 2.21 bits per heavy atom. The first-order valence-electron chi connectivity index (χ1n) is 11.3. The lowest BCUT2D eigenvalue weighted by molar-refractivity contribution is -0.000854. The van der Waals surface area contributed by atoms with Crippen molar-refractivity contribution in [1.29, 1.82) is 0 Å². The molecule has 8 heteroatoms. The van der Waals surface area contributed by atoms with E-state index >= 15 is 0 Å². The summed E-state index contributed by atoms with van der Waals surface area (Å²) in [6.45, 7) is 8.32. The van der Waals surface area contributed by atoms with Gasteiger partial charge in [-0.15, -0.1) is 0 Å². The first-order valence-corrected chi connectivity index (χ1v) is 11.3. The Labute approximate surface area is 173 Å². The lowest BCUT2D eigenvalue weighted by atomic mass is 9.77. The zero-order valence-electron chi connectivity index (χ0n) is 17.6. The molecule has 4 fully saturated rings. The molecule has 0 radical (unpaired) electrons. The quantitative estimate of drug-likeness (QED) is 0.757. The molecule has 0 bridgehead atoms. The SMILES string of the molecule is CN1CCN(c2cc(N3C[C@H]4C[C@@H](N5CCCC5)[C@H](O)C[C@H]4C3)nc(N)n2)CC1. The molecule has 5 rings (SSSR count). The zero-order chi connectivity index (χ0) is 20.0. The number of aliphatic hydroxyl groups is 1. The Bertz CT molecular complexity index is 717. The maximum atomic E-state index is 10.8. The summed E-state index contributed by atoms with van der Waals surface area (Å²) in [6.07, 6.45) is 4.38. The van der Waals surface area contributed by atoms with Gasteiger partial charge in [-0.3, -0.25) is 4.90 Å². The van der Waals surface area contributed by atoms with Crippen LogP contribution in [0.2, 0.25) is 0 Å². The first-order chi connectivity index (χ1) is 14.1. The molecular weight excluding hydrogens is 366 g/mol. The summed E-state index contributed by atoms with van der Waals surface area (Å²) < 4.78 is 0. The summed E-state index contributed by atoms with van der Waals surface area (Å²) >= 11 is 0. The van der Waals surface area contributed by atoms with Gasteiger partial charge in [-0.25, -0.2) is 0 Å². The average Bonchev–Trinajstić information content (AvgIpc) is 3.37. The molecule has 1 aliphatic carbocycles. The molecule has 3 N–H and O–H groups in total. The van der Waals surface area contributed by atoms with Gasteiger partial charge in [0.05, 0.1) is 6.10 Å². The second kappa shape index (κ2) is 7.89. The van der Waals surface area contributed by atoms with Crippen molar-refractivity contribution in [1.82, 2.24) is 19.8 Å². The number of fused-ring (bicyclic) bond motifs is 1. The minimum atomic E-state index is -0.189. The number of hydrogen-bond donors (Lipinski definition) is 2. The van der Waals surface area contributed by atoms with E-state index in [1.54, 1.807) is 0 Å². The van der Waals surface area contributed by atoms with Crippen molar-refractivity contribution in [2.24, 2.45) is 11.8 Å². The molecule has 0 aromatic carbocycles. The average molecular weight is 402 g/mol. The van der Waals surface area contributed by atoms with Gasteiger partial charge in [0.1, 0.15) is 11.6 Å². The van der Waals surface area contributed by atoms with Crippen molar-refractivity contribution in [3.63, 3.8) is 0 Å². The number of anilines is 3. The van der Waals surface area contributed by atoms with Crippen molar-refractivity contribution in [2.45, 2.75) is 37.8 Å². The highest BCUT2D eigenvalue weighted by atomic mass is 16.3. The molecule has 1 aromatic heterocycles. The lowest BCUT2D eigenvalue weighted by Crippen LogP contribution is -2.48. The highest BCUT2D eigenvalue weighted by Crippen LogP contribution is 2.40. The molecule has 3 saturated heterocycles. The van der Waals surface area contributed by atoms with Crippen LogP contribution in [-0.4, -0.2) is 96.4 Å². The third-order valence-electron chi connectivity index (χ3n) is 7.59. The van der Waals surface area contributed by atoms with Crippen LogP contribution >= 0.6 is 0 Å². The van der Waals surface area contributed by atoms with E-state index in [0.29, 0.717) is 23.8 Å². The van der Waals surface area contributed by atoms with E-state index in [9.17, 15) is 5.11 Å². The van der Waals surface area contributed by atoms with Crippen molar-refractivity contribution in [2.75, 3.05) is 74.9 Å². The topological polar surface area (TPSA) is 85.0 Å². The predicted molar refractivity (Wildman–Crippen MR) is 115 cm³/mol. The second-order valence-electron chi connectivity index (χ2n) is 9.51. The number of nitrogen functional groups attached to an aromatic ring is 1. The molecule has 3 aliphatic heterocycles. The van der Waals surface area contributed by atoms with Crippen LogP contribution in [0.25, 0.3) is 0 Å². The Hall–Kier alpha value is -1.64. The molecule has 4 atom stereocenters. The normalized spacial score (nSPS) is 34.0. The van der Waals surface area contributed by atoms with E-state index < -0.39 is 0 Å². The molecule has 0 unspecified atom stereocenters. The second-order valence-corrected chi connectivity index (χ2v) is 9.51. The largest absolute Gasteiger partial charge is 0.391 e. The number of likely N-dealkylation sites (tertiary alicyclic amines) is 1. The van der Waals surface area contributed by atoms with E-state index in [1.165, 1.54) is 12.8 Å². The number of nitrogens with zero attached hydrogens (tertiary/aromatic N) is 6. The smallest absolute Gasteiger partial charge is 0.223 e. The third-order valence-corrected chi connectivity index (χ3v) is 7.59. The maximum Gasteiger partial charge on any atom is 0.223 e. The minimum Gasteiger partial charge on any atom is -0.391 e. The van der Waals surface area contributed by atoms with Crippen LogP contribution < -0.4 is 15.5 Å². The fraction of sp³-hybridized carbons (Fsp3) is 0.810. The van der Waals surface area contributed by atoms with Gasteiger partial charge in [-0.1, -0.05) is 0 Å². The van der Waals surface area contributed by atoms with E-state index in [2.05, 4.69) is 42.7 Å². The summed E-state index contributed by atoms with van der Waals surface area (Å²) in [5.74, 6) is 3.44. The van der Waals surface area contributed by atoms with Crippen molar-refractivity contribution in [3.8, 4) is 0 Å². The van der Waals surface area contributed by atoms with E-state index in [4.69, 9.17) is 5.73 Å². The van der Waals surface area contributed by atoms with Crippen LogP contribution in [0.5, 0.6) is 0 Å². The standard InChI is InChI=1S/C21H35N7O/c1-25-6-8-27(9-7-25)19-12-20(24-21(22)23-19)28-13-15-10-17(26-4-2-3-5-26)18(29)11-16(15)14-28/h12,15-18,29H,2-11,13-14H2,1H3,(H2,22,23,24)/t15-,16+,17-,18-/m1/s1. The molecule has 0 spiro atoms. The number of aromatic nitrogens is 2. The van der Waals surface area contributed by atoms with Gasteiger partial charge in [-0.05, 0) is 57.7 Å². The zero-order valence-corrected chi connectivity index (χ0v) is 17.6. The number of aliphatic hydroxyl groups excluding tert-OH is 1. The Morgan fingerprint density at radius 1 is 0.897 bits per heavy atom. The van der Waals surface area contributed by atoms with Gasteiger partial charge >= 0.3 is 0 Å². The first kappa shape index (κ1) is 19.3. The fourth-order valence-corrected chi connectivity index (χ4v) is 5.86. The van der Waals surface area contributed by atoms with Crippen LogP contribution in [0.15, 0.2) is 6.07 Å². The van der Waals surface area contributed by atoms with E-state index in [-0.39, 0.29) is 6.10 Å². The maximum absolute atomic E-state index is 10.8. The fourth-order valence-electron chi connectivity index (χ4n) is 5.86.